The Morgan fingerprint density at radius 1 is 1.05 bits per heavy atom. The summed E-state index contributed by atoms with van der Waals surface area (Å²) in [6, 6.07) is 17.4. The Hall–Kier alpha value is -1.80. The smallest absolute Gasteiger partial charge is 0.0564 e. The number of nitrogens with two attached hydrogens (primary N) is 1. The maximum Gasteiger partial charge on any atom is 0.0564 e. The first kappa shape index (κ1) is 14.2. The van der Waals surface area contributed by atoms with Crippen LogP contribution in [0.25, 0.3) is 0 Å². The summed E-state index contributed by atoms with van der Waals surface area (Å²) in [4.78, 5) is 2.41. The van der Waals surface area contributed by atoms with Crippen LogP contribution in [-0.2, 0) is 12.8 Å². The SMILES string of the molecule is Cc1ccccc1N(C)C1(CN)CCc2ccccc2C1. The molecule has 1 aliphatic carbocycles. The number of aryl methyl sites for hydroxylation is 2. The molecule has 3 rings (SSSR count). The summed E-state index contributed by atoms with van der Waals surface area (Å²) in [6.45, 7) is 2.86. The van der Waals surface area contributed by atoms with E-state index in [-0.39, 0.29) is 5.54 Å². The van der Waals surface area contributed by atoms with Crippen molar-refractivity contribution in [2.75, 3.05) is 18.5 Å². The number of fused-ring (bicyclic) bond motifs is 1. The molecular formula is C19H24N2. The van der Waals surface area contributed by atoms with E-state index in [0.29, 0.717) is 6.54 Å². The molecule has 0 saturated heterocycles. The number of benzene rings is 2. The van der Waals surface area contributed by atoms with E-state index < -0.39 is 0 Å². The van der Waals surface area contributed by atoms with Gasteiger partial charge in [-0.2, -0.15) is 0 Å². The molecule has 2 aromatic carbocycles. The van der Waals surface area contributed by atoms with Crippen LogP contribution in [0.1, 0.15) is 23.1 Å². The van der Waals surface area contributed by atoms with Crippen LogP contribution in [0.2, 0.25) is 0 Å². The molecule has 1 aliphatic rings. The summed E-state index contributed by atoms with van der Waals surface area (Å²) in [5.41, 5.74) is 11.8. The summed E-state index contributed by atoms with van der Waals surface area (Å²) < 4.78 is 0. The maximum absolute atomic E-state index is 6.24. The summed E-state index contributed by atoms with van der Waals surface area (Å²) >= 11 is 0. The second-order valence-corrected chi connectivity index (χ2v) is 6.22. The number of hydrogen-bond donors (Lipinski definition) is 1. The minimum atomic E-state index is 0.0282. The van der Waals surface area contributed by atoms with Gasteiger partial charge in [0.25, 0.3) is 0 Å². The lowest BCUT2D eigenvalue weighted by molar-refractivity contribution is 0.362. The van der Waals surface area contributed by atoms with Crippen LogP contribution in [0, 0.1) is 6.92 Å². The number of likely N-dealkylation sites (N-methyl/N-ethyl adjacent to an activating group) is 1. The van der Waals surface area contributed by atoms with Crippen LogP contribution >= 0.6 is 0 Å². The van der Waals surface area contributed by atoms with E-state index in [1.54, 1.807) is 0 Å². The molecule has 0 saturated carbocycles. The van der Waals surface area contributed by atoms with Crippen molar-refractivity contribution in [2.24, 2.45) is 5.73 Å². The summed E-state index contributed by atoms with van der Waals surface area (Å²) in [7, 11) is 2.20. The van der Waals surface area contributed by atoms with Gasteiger partial charge in [0.05, 0.1) is 5.54 Å². The monoisotopic (exact) mass is 280 g/mol. The van der Waals surface area contributed by atoms with Gasteiger partial charge in [0.1, 0.15) is 0 Å². The third kappa shape index (κ3) is 2.44. The average molecular weight is 280 g/mol. The van der Waals surface area contributed by atoms with E-state index in [1.165, 1.54) is 22.4 Å². The molecule has 2 N–H and O–H groups in total. The fraction of sp³-hybridized carbons (Fsp3) is 0.368. The lowest BCUT2D eigenvalue weighted by Crippen LogP contribution is -2.56. The first-order valence-corrected chi connectivity index (χ1v) is 7.73. The molecule has 2 aromatic rings. The second-order valence-electron chi connectivity index (χ2n) is 6.22. The van der Waals surface area contributed by atoms with Gasteiger partial charge in [-0.25, -0.2) is 0 Å². The molecular weight excluding hydrogens is 256 g/mol. The Morgan fingerprint density at radius 2 is 1.71 bits per heavy atom. The van der Waals surface area contributed by atoms with Crippen LogP contribution in [0.4, 0.5) is 5.69 Å². The predicted molar refractivity (Wildman–Crippen MR) is 89.8 cm³/mol. The molecule has 0 fully saturated rings. The largest absolute Gasteiger partial charge is 0.367 e. The zero-order valence-corrected chi connectivity index (χ0v) is 13.0. The van der Waals surface area contributed by atoms with E-state index in [1.807, 2.05) is 0 Å². The van der Waals surface area contributed by atoms with Crippen LogP contribution in [0.3, 0.4) is 0 Å². The fourth-order valence-electron chi connectivity index (χ4n) is 3.58. The number of rotatable bonds is 3. The van der Waals surface area contributed by atoms with Crippen LogP contribution < -0.4 is 10.6 Å². The average Bonchev–Trinajstić information content (AvgIpc) is 2.54. The highest BCUT2D eigenvalue weighted by atomic mass is 15.2. The quantitative estimate of drug-likeness (QED) is 0.934. The zero-order chi connectivity index (χ0) is 14.9. The van der Waals surface area contributed by atoms with Gasteiger partial charge < -0.3 is 10.6 Å². The molecule has 21 heavy (non-hydrogen) atoms. The van der Waals surface area contributed by atoms with Gasteiger partial charge in [0.15, 0.2) is 0 Å². The molecule has 0 spiro atoms. The van der Waals surface area contributed by atoms with Gasteiger partial charge in [0.2, 0.25) is 0 Å². The zero-order valence-electron chi connectivity index (χ0n) is 13.0. The molecule has 0 amide bonds. The fourth-order valence-corrected chi connectivity index (χ4v) is 3.58. The molecule has 2 nitrogen and oxygen atoms in total. The predicted octanol–water partition coefficient (Wildman–Crippen LogP) is 3.32. The number of para-hydroxylation sites is 1. The minimum Gasteiger partial charge on any atom is -0.367 e. The Morgan fingerprint density at radius 3 is 2.43 bits per heavy atom. The van der Waals surface area contributed by atoms with Crippen molar-refractivity contribution in [3.63, 3.8) is 0 Å². The van der Waals surface area contributed by atoms with Gasteiger partial charge in [-0.15, -0.1) is 0 Å². The number of hydrogen-bond acceptors (Lipinski definition) is 2. The van der Waals surface area contributed by atoms with Crippen molar-refractivity contribution >= 4 is 5.69 Å². The number of anilines is 1. The molecule has 0 aromatic heterocycles. The van der Waals surface area contributed by atoms with Gasteiger partial charge in [-0.3, -0.25) is 0 Å². The molecule has 0 aliphatic heterocycles. The molecule has 0 heterocycles. The van der Waals surface area contributed by atoms with Gasteiger partial charge in [-0.1, -0.05) is 42.5 Å². The highest BCUT2D eigenvalue weighted by Gasteiger charge is 2.37. The molecule has 2 heteroatoms. The molecule has 1 unspecified atom stereocenters. The van der Waals surface area contributed by atoms with E-state index >= 15 is 0 Å². The van der Waals surface area contributed by atoms with Crippen molar-refractivity contribution in [1.82, 2.24) is 0 Å². The van der Waals surface area contributed by atoms with Crippen LogP contribution in [0.15, 0.2) is 48.5 Å². The van der Waals surface area contributed by atoms with Crippen molar-refractivity contribution < 1.29 is 0 Å². The summed E-state index contributed by atoms with van der Waals surface area (Å²) in [6.07, 6.45) is 3.26. The van der Waals surface area contributed by atoms with Gasteiger partial charge in [-0.05, 0) is 48.9 Å². The molecule has 0 bridgehead atoms. The van der Waals surface area contributed by atoms with Crippen molar-refractivity contribution in [3.05, 3.63) is 65.2 Å². The lowest BCUT2D eigenvalue weighted by atomic mass is 9.76. The minimum absolute atomic E-state index is 0.0282. The standard InChI is InChI=1S/C19H24N2/c1-15-7-3-6-10-18(15)21(2)19(14-20)12-11-16-8-4-5-9-17(16)13-19/h3-10H,11-14,20H2,1-2H3. The topological polar surface area (TPSA) is 29.3 Å². The Bertz CT molecular complexity index is 635. The molecule has 0 radical (unpaired) electrons. The van der Waals surface area contributed by atoms with E-state index in [4.69, 9.17) is 5.73 Å². The van der Waals surface area contributed by atoms with Crippen molar-refractivity contribution in [1.29, 1.82) is 0 Å². The van der Waals surface area contributed by atoms with E-state index in [9.17, 15) is 0 Å². The number of nitrogens with zero attached hydrogens (tertiary/aromatic N) is 1. The van der Waals surface area contributed by atoms with E-state index in [0.717, 1.165) is 19.3 Å². The van der Waals surface area contributed by atoms with Crippen LogP contribution in [-0.4, -0.2) is 19.1 Å². The second kappa shape index (κ2) is 5.53. The van der Waals surface area contributed by atoms with Crippen molar-refractivity contribution in [3.8, 4) is 0 Å². The molecule has 110 valence electrons. The van der Waals surface area contributed by atoms with E-state index in [2.05, 4.69) is 67.4 Å². The first-order chi connectivity index (χ1) is 10.2. The normalized spacial score (nSPS) is 20.9. The Labute approximate surface area is 127 Å². The third-order valence-corrected chi connectivity index (χ3v) is 5.07. The Balaban J connectivity index is 1.97. The third-order valence-electron chi connectivity index (χ3n) is 5.07. The van der Waals surface area contributed by atoms with Gasteiger partial charge >= 0.3 is 0 Å². The maximum atomic E-state index is 6.24. The first-order valence-electron chi connectivity index (χ1n) is 7.73. The van der Waals surface area contributed by atoms with Crippen molar-refractivity contribution in [2.45, 2.75) is 31.7 Å². The van der Waals surface area contributed by atoms with Crippen LogP contribution in [0.5, 0.6) is 0 Å². The lowest BCUT2D eigenvalue weighted by Gasteiger charge is -2.46. The summed E-state index contributed by atoms with van der Waals surface area (Å²) in [5.74, 6) is 0. The Kier molecular flexibility index (Phi) is 3.73. The highest BCUT2D eigenvalue weighted by Crippen LogP contribution is 2.35. The highest BCUT2D eigenvalue weighted by molar-refractivity contribution is 5.55. The molecule has 1 atom stereocenters. The van der Waals surface area contributed by atoms with Gasteiger partial charge in [0, 0.05) is 19.3 Å². The summed E-state index contributed by atoms with van der Waals surface area (Å²) in [5, 5.41) is 0.